The summed E-state index contributed by atoms with van der Waals surface area (Å²) in [5, 5.41) is 25.2. The number of nitrogens with one attached hydrogen (secondary N) is 3. The monoisotopic (exact) mass is 431 g/mol. The molecule has 3 amide bonds. The van der Waals surface area contributed by atoms with Crippen molar-refractivity contribution in [1.82, 2.24) is 16.0 Å². The first kappa shape index (κ1) is 27.1. The summed E-state index contributed by atoms with van der Waals surface area (Å²) in [5.41, 5.74) is 15.8. The Morgan fingerprint density at radius 2 is 1.67 bits per heavy atom. The van der Waals surface area contributed by atoms with Crippen LogP contribution in [0.4, 0.5) is 0 Å². The number of hydrogen-bond donors (Lipinski definition) is 8. The molecule has 0 aromatic carbocycles. The van der Waals surface area contributed by atoms with Gasteiger partial charge in [-0.25, -0.2) is 4.79 Å². The number of hydrogen-bond acceptors (Lipinski definition) is 7. The van der Waals surface area contributed by atoms with E-state index in [0.717, 1.165) is 0 Å². The number of carboxylic acid groups (broad SMARTS) is 1. The Kier molecular flexibility index (Phi) is 12.7. The van der Waals surface area contributed by atoms with E-state index in [9.17, 15) is 24.3 Å². The largest absolute Gasteiger partial charge is 0.480 e. The first-order valence-corrected chi connectivity index (χ1v) is 9.50. The number of carbonyl (C=O) groups excluding carboxylic acids is 3. The van der Waals surface area contributed by atoms with Crippen LogP contribution in [0.2, 0.25) is 0 Å². The molecule has 0 rings (SSSR count). The van der Waals surface area contributed by atoms with Crippen molar-refractivity contribution >= 4 is 29.7 Å². The molecule has 3 atom stereocenters. The summed E-state index contributed by atoms with van der Waals surface area (Å²) in [5.74, 6) is -3.34. The van der Waals surface area contributed by atoms with Crippen molar-refractivity contribution in [3.63, 3.8) is 0 Å². The number of aliphatic imine (C=N–C) groups is 1. The molecule has 0 radical (unpaired) electrons. The van der Waals surface area contributed by atoms with Gasteiger partial charge in [0.1, 0.15) is 18.1 Å². The predicted molar refractivity (Wildman–Crippen MR) is 109 cm³/mol. The SMILES string of the molecule is CC(C)CC(NC(=O)C(N)CO)C(=O)NCC(=O)NC(CCCN=C(N)N)C(=O)O. The van der Waals surface area contributed by atoms with Crippen LogP contribution < -0.4 is 33.2 Å². The number of carboxylic acids is 1. The van der Waals surface area contributed by atoms with Gasteiger partial charge in [0.05, 0.1) is 13.2 Å². The van der Waals surface area contributed by atoms with Crippen LogP contribution in [-0.2, 0) is 19.2 Å². The van der Waals surface area contributed by atoms with Gasteiger partial charge in [0.2, 0.25) is 17.7 Å². The molecule has 11 N–H and O–H groups in total. The molecular weight excluding hydrogens is 398 g/mol. The summed E-state index contributed by atoms with van der Waals surface area (Å²) in [7, 11) is 0. The minimum Gasteiger partial charge on any atom is -0.480 e. The summed E-state index contributed by atoms with van der Waals surface area (Å²) >= 11 is 0. The number of nitrogens with zero attached hydrogens (tertiary/aromatic N) is 1. The average Bonchev–Trinajstić information content (AvgIpc) is 2.66. The lowest BCUT2D eigenvalue weighted by molar-refractivity contribution is -0.142. The minimum absolute atomic E-state index is 0.0434. The van der Waals surface area contributed by atoms with Gasteiger partial charge in [-0.1, -0.05) is 13.8 Å². The molecule has 0 bridgehead atoms. The Balaban J connectivity index is 4.72. The van der Waals surface area contributed by atoms with Crippen LogP contribution in [0, 0.1) is 5.92 Å². The van der Waals surface area contributed by atoms with Gasteiger partial charge in [-0.15, -0.1) is 0 Å². The van der Waals surface area contributed by atoms with E-state index in [2.05, 4.69) is 20.9 Å². The molecule has 0 aromatic heterocycles. The Hall–Kier alpha value is -2.93. The third-order valence-electron chi connectivity index (χ3n) is 3.88. The topological polar surface area (TPSA) is 235 Å². The molecular formula is C17H33N7O6. The lowest BCUT2D eigenvalue weighted by Gasteiger charge is -2.22. The molecule has 0 aliphatic heterocycles. The van der Waals surface area contributed by atoms with Gasteiger partial charge in [-0.3, -0.25) is 19.4 Å². The zero-order valence-corrected chi connectivity index (χ0v) is 17.3. The number of aliphatic hydroxyl groups excluding tert-OH is 1. The van der Waals surface area contributed by atoms with Gasteiger partial charge in [-0.05, 0) is 25.2 Å². The molecule has 0 saturated carbocycles. The van der Waals surface area contributed by atoms with E-state index >= 15 is 0 Å². The van der Waals surface area contributed by atoms with E-state index in [1.165, 1.54) is 0 Å². The van der Waals surface area contributed by atoms with Crippen LogP contribution in [0.5, 0.6) is 0 Å². The Bertz CT molecular complexity index is 622. The zero-order valence-electron chi connectivity index (χ0n) is 17.3. The quantitative estimate of drug-likeness (QED) is 0.0775. The summed E-state index contributed by atoms with van der Waals surface area (Å²) in [6.07, 6.45) is 0.700. The number of nitrogens with two attached hydrogens (primary N) is 3. The molecule has 172 valence electrons. The second-order valence-electron chi connectivity index (χ2n) is 7.10. The predicted octanol–water partition coefficient (Wildman–Crippen LogP) is -3.42. The average molecular weight is 431 g/mol. The van der Waals surface area contributed by atoms with Crippen LogP contribution in [0.3, 0.4) is 0 Å². The van der Waals surface area contributed by atoms with E-state index in [1.807, 2.05) is 13.8 Å². The van der Waals surface area contributed by atoms with Gasteiger partial charge in [-0.2, -0.15) is 0 Å². The van der Waals surface area contributed by atoms with E-state index in [4.69, 9.17) is 22.3 Å². The summed E-state index contributed by atoms with van der Waals surface area (Å²) in [6.45, 7) is 2.83. The fourth-order valence-corrected chi connectivity index (χ4v) is 2.36. The van der Waals surface area contributed by atoms with E-state index in [0.29, 0.717) is 6.42 Å². The molecule has 3 unspecified atom stereocenters. The Morgan fingerprint density at radius 3 is 2.17 bits per heavy atom. The summed E-state index contributed by atoms with van der Waals surface area (Å²) in [4.78, 5) is 51.2. The maximum Gasteiger partial charge on any atom is 0.326 e. The van der Waals surface area contributed by atoms with Crippen LogP contribution in [0.15, 0.2) is 4.99 Å². The second-order valence-corrected chi connectivity index (χ2v) is 7.10. The van der Waals surface area contributed by atoms with Gasteiger partial charge < -0.3 is 43.4 Å². The fraction of sp³-hybridized carbons (Fsp3) is 0.706. The van der Waals surface area contributed by atoms with Crippen LogP contribution in [0.25, 0.3) is 0 Å². The maximum absolute atomic E-state index is 12.4. The van der Waals surface area contributed by atoms with Crippen LogP contribution >= 0.6 is 0 Å². The third-order valence-corrected chi connectivity index (χ3v) is 3.88. The van der Waals surface area contributed by atoms with Gasteiger partial charge >= 0.3 is 5.97 Å². The van der Waals surface area contributed by atoms with E-state index in [1.54, 1.807) is 0 Å². The number of rotatable bonds is 14. The molecule has 13 heteroatoms. The van der Waals surface area contributed by atoms with Crippen molar-refractivity contribution in [2.24, 2.45) is 28.1 Å². The van der Waals surface area contributed by atoms with Crippen molar-refractivity contribution < 1.29 is 29.4 Å². The molecule has 0 spiro atoms. The maximum atomic E-state index is 12.4. The first-order chi connectivity index (χ1) is 14.0. The molecule has 0 fully saturated rings. The van der Waals surface area contributed by atoms with E-state index in [-0.39, 0.29) is 31.3 Å². The number of aliphatic hydroxyl groups is 1. The third kappa shape index (κ3) is 11.8. The molecule has 0 heterocycles. The van der Waals surface area contributed by atoms with Crippen molar-refractivity contribution in [2.75, 3.05) is 19.7 Å². The lowest BCUT2D eigenvalue weighted by Crippen LogP contribution is -2.54. The molecule has 0 aliphatic rings. The van der Waals surface area contributed by atoms with Crippen molar-refractivity contribution in [3.8, 4) is 0 Å². The number of carbonyl (C=O) groups is 4. The highest BCUT2D eigenvalue weighted by atomic mass is 16.4. The minimum atomic E-state index is -1.23. The number of aliphatic carboxylic acids is 1. The molecule has 0 aromatic rings. The van der Waals surface area contributed by atoms with Crippen LogP contribution in [-0.4, -0.2) is 77.7 Å². The van der Waals surface area contributed by atoms with Crippen LogP contribution in [0.1, 0.15) is 33.1 Å². The molecule has 13 nitrogen and oxygen atoms in total. The highest BCUT2D eigenvalue weighted by Gasteiger charge is 2.25. The Labute approximate surface area is 174 Å². The standard InChI is InChI=1S/C17H33N7O6/c1-9(2)6-12(24-14(27)10(18)8-25)15(28)22-7-13(26)23-11(16(29)30)4-3-5-21-17(19)20/h9-12,25H,3-8,18H2,1-2H3,(H,22,28)(H,23,26)(H,24,27)(H,29,30)(H4,19,20,21). The second kappa shape index (κ2) is 14.1. The van der Waals surface area contributed by atoms with Crippen molar-refractivity contribution in [2.45, 2.75) is 51.2 Å². The fourth-order valence-electron chi connectivity index (χ4n) is 2.36. The van der Waals surface area contributed by atoms with E-state index < -0.39 is 55.0 Å². The first-order valence-electron chi connectivity index (χ1n) is 9.50. The summed E-state index contributed by atoms with van der Waals surface area (Å²) < 4.78 is 0. The highest BCUT2D eigenvalue weighted by molar-refractivity contribution is 5.92. The van der Waals surface area contributed by atoms with Gasteiger partial charge in [0.15, 0.2) is 5.96 Å². The van der Waals surface area contributed by atoms with Crippen molar-refractivity contribution in [1.29, 1.82) is 0 Å². The summed E-state index contributed by atoms with van der Waals surface area (Å²) in [6, 6.07) is -3.30. The highest BCUT2D eigenvalue weighted by Crippen LogP contribution is 2.05. The smallest absolute Gasteiger partial charge is 0.326 e. The molecule has 0 saturated heterocycles. The van der Waals surface area contributed by atoms with Gasteiger partial charge in [0, 0.05) is 6.54 Å². The van der Waals surface area contributed by atoms with Crippen molar-refractivity contribution in [3.05, 3.63) is 0 Å². The zero-order chi connectivity index (χ0) is 23.3. The lowest BCUT2D eigenvalue weighted by atomic mass is 10.0. The molecule has 0 aliphatic carbocycles. The number of guanidine groups is 1. The normalized spacial score (nSPS) is 13.6. The molecule has 30 heavy (non-hydrogen) atoms. The van der Waals surface area contributed by atoms with Gasteiger partial charge in [0.25, 0.3) is 0 Å². The number of amides is 3. The Morgan fingerprint density at radius 1 is 1.03 bits per heavy atom.